The van der Waals surface area contributed by atoms with Crippen molar-refractivity contribution >= 4 is 15.5 Å². The largest absolute Gasteiger partial charge is 0.305 e. The number of sulfone groups is 1. The molecule has 1 fully saturated rings. The Bertz CT molecular complexity index is 692. The Morgan fingerprint density at radius 3 is 3.06 bits per heavy atom. The lowest BCUT2D eigenvalue weighted by Crippen LogP contribution is -2.40. The van der Waals surface area contributed by atoms with Crippen molar-refractivity contribution in [3.8, 4) is 0 Å². The van der Waals surface area contributed by atoms with E-state index in [9.17, 15) is 8.42 Å². The van der Waals surface area contributed by atoms with Crippen LogP contribution in [-0.2, 0) is 9.84 Å². The molecule has 2 aromatic rings. The highest BCUT2D eigenvalue weighted by Gasteiger charge is 2.28. The zero-order valence-corrected chi connectivity index (χ0v) is 10.8. The molecule has 18 heavy (non-hydrogen) atoms. The van der Waals surface area contributed by atoms with Crippen LogP contribution in [0.15, 0.2) is 18.3 Å². The van der Waals surface area contributed by atoms with Gasteiger partial charge in [0.1, 0.15) is 0 Å². The van der Waals surface area contributed by atoms with Crippen molar-refractivity contribution in [2.75, 3.05) is 18.1 Å². The first kappa shape index (κ1) is 11.6. The maximum atomic E-state index is 11.7. The number of hydrogen-bond donors (Lipinski definition) is 1. The number of pyridine rings is 1. The highest BCUT2D eigenvalue weighted by atomic mass is 32.2. The molecule has 2 aromatic heterocycles. The summed E-state index contributed by atoms with van der Waals surface area (Å²) in [7, 11) is -2.98. The summed E-state index contributed by atoms with van der Waals surface area (Å²) in [4.78, 5) is 0. The van der Waals surface area contributed by atoms with Gasteiger partial charge in [0.15, 0.2) is 21.3 Å². The second kappa shape index (κ2) is 4.03. The molecule has 0 aliphatic carbocycles. The SMILES string of the molecule is Cc1cccn2c(C3CS(=O)(=O)CCN3)nnc12. The van der Waals surface area contributed by atoms with E-state index >= 15 is 0 Å². The maximum absolute atomic E-state index is 11.7. The molecule has 1 saturated heterocycles. The van der Waals surface area contributed by atoms with Crippen molar-refractivity contribution in [1.29, 1.82) is 0 Å². The zero-order valence-electron chi connectivity index (χ0n) is 10.00. The predicted octanol–water partition coefficient (Wildman–Crippen LogP) is 0.0968. The fourth-order valence-corrected chi connectivity index (χ4v) is 3.63. The van der Waals surface area contributed by atoms with E-state index in [1.165, 1.54) is 0 Å². The second-order valence-electron chi connectivity index (χ2n) is 4.56. The van der Waals surface area contributed by atoms with E-state index in [1.807, 2.05) is 29.7 Å². The summed E-state index contributed by atoms with van der Waals surface area (Å²) in [6, 6.07) is 3.59. The summed E-state index contributed by atoms with van der Waals surface area (Å²) in [5.74, 6) is 0.943. The summed E-state index contributed by atoms with van der Waals surface area (Å²) in [6.45, 7) is 2.42. The summed E-state index contributed by atoms with van der Waals surface area (Å²) in [5, 5.41) is 11.4. The highest BCUT2D eigenvalue weighted by Crippen LogP contribution is 2.19. The molecule has 0 spiro atoms. The number of nitrogens with zero attached hydrogens (tertiary/aromatic N) is 3. The Hall–Kier alpha value is -1.47. The first-order chi connectivity index (χ1) is 8.57. The minimum absolute atomic E-state index is 0.0851. The van der Waals surface area contributed by atoms with Crippen LogP contribution in [0.4, 0.5) is 0 Å². The molecule has 6 nitrogen and oxygen atoms in total. The fraction of sp³-hybridized carbons (Fsp3) is 0.455. The van der Waals surface area contributed by atoms with Crippen LogP contribution >= 0.6 is 0 Å². The van der Waals surface area contributed by atoms with Gasteiger partial charge in [-0.1, -0.05) is 6.07 Å². The summed E-state index contributed by atoms with van der Waals surface area (Å²) >= 11 is 0. The number of fused-ring (bicyclic) bond motifs is 1. The second-order valence-corrected chi connectivity index (χ2v) is 6.79. The van der Waals surface area contributed by atoms with Gasteiger partial charge in [-0.25, -0.2) is 8.42 Å². The van der Waals surface area contributed by atoms with Crippen molar-refractivity contribution in [1.82, 2.24) is 19.9 Å². The number of hydrogen-bond acceptors (Lipinski definition) is 5. The molecule has 7 heteroatoms. The molecule has 0 aromatic carbocycles. The number of rotatable bonds is 1. The maximum Gasteiger partial charge on any atom is 0.163 e. The van der Waals surface area contributed by atoms with Crippen molar-refractivity contribution in [3.63, 3.8) is 0 Å². The van der Waals surface area contributed by atoms with E-state index < -0.39 is 9.84 Å². The minimum Gasteiger partial charge on any atom is -0.305 e. The topological polar surface area (TPSA) is 76.4 Å². The molecule has 1 atom stereocenters. The Morgan fingerprint density at radius 1 is 1.44 bits per heavy atom. The third-order valence-corrected chi connectivity index (χ3v) is 4.86. The number of nitrogens with one attached hydrogen (secondary N) is 1. The quantitative estimate of drug-likeness (QED) is 0.792. The van der Waals surface area contributed by atoms with E-state index in [4.69, 9.17) is 0 Å². The lowest BCUT2D eigenvalue weighted by molar-refractivity contribution is 0.512. The third kappa shape index (κ3) is 1.89. The van der Waals surface area contributed by atoms with Crippen LogP contribution in [0.3, 0.4) is 0 Å². The summed E-state index contributed by atoms with van der Waals surface area (Å²) < 4.78 is 25.2. The lowest BCUT2D eigenvalue weighted by atomic mass is 10.2. The fourth-order valence-electron chi connectivity index (χ4n) is 2.26. The predicted molar refractivity (Wildman–Crippen MR) is 67.1 cm³/mol. The average Bonchev–Trinajstić information content (AvgIpc) is 2.73. The smallest absolute Gasteiger partial charge is 0.163 e. The first-order valence-electron chi connectivity index (χ1n) is 5.81. The van der Waals surface area contributed by atoms with Gasteiger partial charge in [-0.05, 0) is 18.6 Å². The Kier molecular flexibility index (Phi) is 2.60. The van der Waals surface area contributed by atoms with Gasteiger partial charge in [-0.3, -0.25) is 4.40 Å². The zero-order chi connectivity index (χ0) is 12.8. The van der Waals surface area contributed by atoms with Gasteiger partial charge in [0.05, 0.1) is 17.5 Å². The van der Waals surface area contributed by atoms with Gasteiger partial charge in [-0.15, -0.1) is 10.2 Å². The van der Waals surface area contributed by atoms with E-state index in [0.29, 0.717) is 12.4 Å². The molecule has 1 N–H and O–H groups in total. The van der Waals surface area contributed by atoms with Gasteiger partial charge in [-0.2, -0.15) is 0 Å². The molecule has 3 rings (SSSR count). The Labute approximate surface area is 105 Å². The average molecular weight is 266 g/mol. The van der Waals surface area contributed by atoms with Crippen molar-refractivity contribution in [3.05, 3.63) is 29.7 Å². The Morgan fingerprint density at radius 2 is 2.28 bits per heavy atom. The number of aryl methyl sites for hydroxylation is 1. The minimum atomic E-state index is -2.98. The van der Waals surface area contributed by atoms with Gasteiger partial charge in [0.25, 0.3) is 0 Å². The van der Waals surface area contributed by atoms with Crippen LogP contribution in [0.1, 0.15) is 17.4 Å². The standard InChI is InChI=1S/C11H14N4O2S/c1-8-3-2-5-15-10(8)13-14-11(15)9-7-18(16,17)6-4-12-9/h2-3,5,9,12H,4,6-7H2,1H3. The van der Waals surface area contributed by atoms with Gasteiger partial charge >= 0.3 is 0 Å². The van der Waals surface area contributed by atoms with Crippen LogP contribution in [0.25, 0.3) is 5.65 Å². The molecular weight excluding hydrogens is 252 g/mol. The molecular formula is C11H14N4O2S. The van der Waals surface area contributed by atoms with E-state index in [2.05, 4.69) is 15.5 Å². The molecule has 0 bridgehead atoms. The number of aromatic nitrogens is 3. The summed E-state index contributed by atoms with van der Waals surface area (Å²) in [6.07, 6.45) is 1.86. The van der Waals surface area contributed by atoms with Gasteiger partial charge in [0, 0.05) is 12.7 Å². The normalized spacial score (nSPS) is 23.3. The van der Waals surface area contributed by atoms with Crippen LogP contribution in [0.5, 0.6) is 0 Å². The third-order valence-electron chi connectivity index (χ3n) is 3.19. The molecule has 1 aliphatic heterocycles. The van der Waals surface area contributed by atoms with Crippen molar-refractivity contribution < 1.29 is 8.42 Å². The molecule has 0 amide bonds. The first-order valence-corrected chi connectivity index (χ1v) is 7.63. The molecule has 1 aliphatic rings. The lowest BCUT2D eigenvalue weighted by Gasteiger charge is -2.22. The molecule has 0 saturated carbocycles. The van der Waals surface area contributed by atoms with E-state index in [1.54, 1.807) is 0 Å². The van der Waals surface area contributed by atoms with Gasteiger partial charge in [0.2, 0.25) is 0 Å². The molecule has 96 valence electrons. The Balaban J connectivity index is 2.07. The monoisotopic (exact) mass is 266 g/mol. The van der Waals surface area contributed by atoms with Gasteiger partial charge < -0.3 is 5.32 Å². The van der Waals surface area contributed by atoms with Crippen LogP contribution in [0, 0.1) is 6.92 Å². The highest BCUT2D eigenvalue weighted by molar-refractivity contribution is 7.91. The van der Waals surface area contributed by atoms with Crippen molar-refractivity contribution in [2.24, 2.45) is 0 Å². The molecule has 0 radical (unpaired) electrons. The summed E-state index contributed by atoms with van der Waals surface area (Å²) in [5.41, 5.74) is 1.80. The van der Waals surface area contributed by atoms with Crippen LogP contribution < -0.4 is 5.32 Å². The van der Waals surface area contributed by atoms with E-state index in [-0.39, 0.29) is 17.5 Å². The molecule has 3 heterocycles. The van der Waals surface area contributed by atoms with Crippen LogP contribution in [-0.4, -0.2) is 41.1 Å². The van der Waals surface area contributed by atoms with Crippen molar-refractivity contribution in [2.45, 2.75) is 13.0 Å². The van der Waals surface area contributed by atoms with E-state index in [0.717, 1.165) is 11.2 Å². The van der Waals surface area contributed by atoms with Crippen LogP contribution in [0.2, 0.25) is 0 Å². The molecule has 1 unspecified atom stereocenters.